The summed E-state index contributed by atoms with van der Waals surface area (Å²) in [5.74, 6) is 0.237. The van der Waals surface area contributed by atoms with Crippen LogP contribution in [0.15, 0.2) is 22.7 Å². The number of halogens is 3. The van der Waals surface area contributed by atoms with Gasteiger partial charge in [0.1, 0.15) is 5.78 Å². The van der Waals surface area contributed by atoms with E-state index in [0.717, 1.165) is 16.5 Å². The molecule has 1 aromatic rings. The molecule has 16 heavy (non-hydrogen) atoms. The zero-order valence-corrected chi connectivity index (χ0v) is 12.9. The van der Waals surface area contributed by atoms with Gasteiger partial charge in [0, 0.05) is 15.9 Å². The number of hydrogen-bond donors (Lipinski definition) is 0. The molecule has 0 aliphatic rings. The number of benzene rings is 1. The predicted octanol–water partition coefficient (Wildman–Crippen LogP) is 4.78. The summed E-state index contributed by atoms with van der Waals surface area (Å²) in [5, 5.41) is 0.697. The number of ketones is 1. The van der Waals surface area contributed by atoms with Crippen LogP contribution in [-0.2, 0) is 11.2 Å². The first-order chi connectivity index (χ1) is 7.54. The van der Waals surface area contributed by atoms with E-state index in [1.807, 2.05) is 25.1 Å². The molecule has 0 bridgehead atoms. The lowest BCUT2D eigenvalue weighted by Gasteiger charge is -2.10. The van der Waals surface area contributed by atoms with E-state index in [0.29, 0.717) is 17.9 Å². The third-order valence-corrected chi connectivity index (χ3v) is 3.94. The van der Waals surface area contributed by atoms with Crippen LogP contribution in [0.1, 0.15) is 25.3 Å². The summed E-state index contributed by atoms with van der Waals surface area (Å²) in [5.41, 5.74) is 0.996. The van der Waals surface area contributed by atoms with Crippen molar-refractivity contribution in [3.8, 4) is 0 Å². The maximum absolute atomic E-state index is 11.6. The van der Waals surface area contributed by atoms with Crippen LogP contribution in [0.25, 0.3) is 0 Å². The van der Waals surface area contributed by atoms with Crippen LogP contribution in [0.3, 0.4) is 0 Å². The van der Waals surface area contributed by atoms with Crippen molar-refractivity contribution in [1.29, 1.82) is 0 Å². The van der Waals surface area contributed by atoms with Crippen molar-refractivity contribution in [3.05, 3.63) is 33.3 Å². The van der Waals surface area contributed by atoms with Gasteiger partial charge < -0.3 is 0 Å². The van der Waals surface area contributed by atoms with Gasteiger partial charge in [-0.1, -0.05) is 56.5 Å². The molecule has 1 unspecified atom stereocenters. The molecule has 1 rings (SSSR count). The fraction of sp³-hybridized carbons (Fsp3) is 0.417. The van der Waals surface area contributed by atoms with Crippen molar-refractivity contribution in [2.75, 3.05) is 0 Å². The third-order valence-electron chi connectivity index (χ3n) is 2.26. The van der Waals surface area contributed by atoms with E-state index < -0.39 is 0 Å². The number of hydrogen-bond acceptors (Lipinski definition) is 1. The van der Waals surface area contributed by atoms with E-state index in [2.05, 4.69) is 31.9 Å². The van der Waals surface area contributed by atoms with Crippen molar-refractivity contribution < 1.29 is 4.79 Å². The maximum Gasteiger partial charge on any atom is 0.146 e. The molecule has 1 atom stereocenters. The lowest BCUT2D eigenvalue weighted by molar-refractivity contribution is -0.118. The second kappa shape index (κ2) is 6.77. The Balaban J connectivity index is 2.69. The van der Waals surface area contributed by atoms with Crippen LogP contribution in [0.2, 0.25) is 5.02 Å². The smallest absolute Gasteiger partial charge is 0.146 e. The highest BCUT2D eigenvalue weighted by Crippen LogP contribution is 2.24. The molecule has 0 amide bonds. The monoisotopic (exact) mass is 366 g/mol. The van der Waals surface area contributed by atoms with Gasteiger partial charge in [-0.05, 0) is 30.5 Å². The Morgan fingerprint density at radius 1 is 1.50 bits per heavy atom. The molecule has 1 aromatic carbocycles. The maximum atomic E-state index is 11.6. The summed E-state index contributed by atoms with van der Waals surface area (Å²) in [6, 6.07) is 5.73. The van der Waals surface area contributed by atoms with Gasteiger partial charge in [0.25, 0.3) is 0 Å². The van der Waals surface area contributed by atoms with Crippen LogP contribution in [0, 0.1) is 0 Å². The van der Waals surface area contributed by atoms with E-state index in [1.54, 1.807) is 0 Å². The van der Waals surface area contributed by atoms with Crippen LogP contribution in [-0.4, -0.2) is 10.6 Å². The lowest BCUT2D eigenvalue weighted by Crippen LogP contribution is -2.16. The second-order valence-electron chi connectivity index (χ2n) is 3.62. The first kappa shape index (κ1) is 14.2. The number of rotatable bonds is 5. The number of Topliss-reactive ketones (excluding diaryl/α,β-unsaturated/α-hetero) is 1. The van der Waals surface area contributed by atoms with Crippen molar-refractivity contribution >= 4 is 49.2 Å². The summed E-state index contributed by atoms with van der Waals surface area (Å²) in [7, 11) is 0. The van der Waals surface area contributed by atoms with Crippen LogP contribution in [0.4, 0.5) is 0 Å². The van der Waals surface area contributed by atoms with Gasteiger partial charge in [0.05, 0.1) is 4.83 Å². The highest BCUT2D eigenvalue weighted by atomic mass is 79.9. The standard InChI is InChI=1S/C12H13Br2ClO/c1-2-3-12(16)10(14)6-8-4-5-9(13)7-11(8)15/h4-5,7,10H,2-3,6H2,1H3. The van der Waals surface area contributed by atoms with Gasteiger partial charge in [-0.15, -0.1) is 0 Å². The van der Waals surface area contributed by atoms with E-state index in [1.165, 1.54) is 0 Å². The van der Waals surface area contributed by atoms with E-state index in [-0.39, 0.29) is 10.6 Å². The molecule has 0 aliphatic heterocycles. The fourth-order valence-corrected chi connectivity index (χ4v) is 2.73. The molecule has 0 aliphatic carbocycles. The molecule has 4 heteroatoms. The van der Waals surface area contributed by atoms with Gasteiger partial charge in [-0.25, -0.2) is 0 Å². The van der Waals surface area contributed by atoms with Crippen molar-refractivity contribution in [2.45, 2.75) is 31.0 Å². The van der Waals surface area contributed by atoms with E-state index in [4.69, 9.17) is 11.6 Å². The fourth-order valence-electron chi connectivity index (χ4n) is 1.40. The molecular weight excluding hydrogens is 355 g/mol. The Morgan fingerprint density at radius 2 is 2.19 bits per heavy atom. The molecule has 0 radical (unpaired) electrons. The molecule has 0 aromatic heterocycles. The zero-order chi connectivity index (χ0) is 12.1. The van der Waals surface area contributed by atoms with Crippen molar-refractivity contribution in [1.82, 2.24) is 0 Å². The molecule has 0 heterocycles. The summed E-state index contributed by atoms with van der Waals surface area (Å²) in [6.45, 7) is 2.00. The molecule has 1 nitrogen and oxygen atoms in total. The van der Waals surface area contributed by atoms with Crippen molar-refractivity contribution in [2.24, 2.45) is 0 Å². The second-order valence-corrected chi connectivity index (χ2v) is 6.05. The zero-order valence-electron chi connectivity index (χ0n) is 8.97. The molecule has 0 saturated carbocycles. The van der Waals surface area contributed by atoms with Crippen LogP contribution in [0.5, 0.6) is 0 Å². The number of carbonyl (C=O) groups is 1. The minimum Gasteiger partial charge on any atom is -0.298 e. The first-order valence-corrected chi connectivity index (χ1v) is 7.24. The van der Waals surface area contributed by atoms with Gasteiger partial charge in [-0.2, -0.15) is 0 Å². The van der Waals surface area contributed by atoms with E-state index in [9.17, 15) is 4.79 Å². The average molecular weight is 368 g/mol. The quantitative estimate of drug-likeness (QED) is 0.684. The van der Waals surface area contributed by atoms with Gasteiger partial charge in [0.2, 0.25) is 0 Å². The minimum absolute atomic E-state index is 0.133. The molecule has 88 valence electrons. The van der Waals surface area contributed by atoms with Gasteiger partial charge in [-0.3, -0.25) is 4.79 Å². The summed E-state index contributed by atoms with van der Waals surface area (Å²) < 4.78 is 0.951. The molecule has 0 saturated heterocycles. The van der Waals surface area contributed by atoms with Crippen LogP contribution < -0.4 is 0 Å². The molecule has 0 spiro atoms. The third kappa shape index (κ3) is 4.19. The van der Waals surface area contributed by atoms with Crippen LogP contribution >= 0.6 is 43.5 Å². The summed E-state index contributed by atoms with van der Waals surface area (Å²) >= 11 is 12.9. The molecule has 0 fully saturated rings. The lowest BCUT2D eigenvalue weighted by atomic mass is 10.1. The Hall–Kier alpha value is 0.140. The first-order valence-electron chi connectivity index (χ1n) is 5.15. The van der Waals surface area contributed by atoms with E-state index >= 15 is 0 Å². The number of alkyl halides is 1. The van der Waals surface area contributed by atoms with Crippen molar-refractivity contribution in [3.63, 3.8) is 0 Å². The van der Waals surface area contributed by atoms with Gasteiger partial charge in [0.15, 0.2) is 0 Å². The largest absolute Gasteiger partial charge is 0.298 e. The molecular formula is C12H13Br2ClO. The topological polar surface area (TPSA) is 17.1 Å². The highest BCUT2D eigenvalue weighted by Gasteiger charge is 2.15. The van der Waals surface area contributed by atoms with Gasteiger partial charge >= 0.3 is 0 Å². The minimum atomic E-state index is -0.133. The number of carbonyl (C=O) groups excluding carboxylic acids is 1. The Bertz CT molecular complexity index is 379. The predicted molar refractivity (Wildman–Crippen MR) is 75.5 cm³/mol. The Kier molecular flexibility index (Phi) is 6.01. The molecule has 0 N–H and O–H groups in total. The Morgan fingerprint density at radius 3 is 2.75 bits per heavy atom. The normalized spacial score (nSPS) is 12.5. The Labute approximate surface area is 118 Å². The highest BCUT2D eigenvalue weighted by molar-refractivity contribution is 9.10. The summed E-state index contributed by atoms with van der Waals surface area (Å²) in [6.07, 6.45) is 2.14. The summed E-state index contributed by atoms with van der Waals surface area (Å²) in [4.78, 5) is 11.5. The average Bonchev–Trinajstić information content (AvgIpc) is 2.22. The SMILES string of the molecule is CCCC(=O)C(Br)Cc1ccc(Br)cc1Cl.